The van der Waals surface area contributed by atoms with Gasteiger partial charge in [0.25, 0.3) is 0 Å². The molecule has 0 spiro atoms. The Morgan fingerprint density at radius 3 is 2.31 bits per heavy atom. The number of halogens is 7. The van der Waals surface area contributed by atoms with Crippen LogP contribution in [0.1, 0.15) is 44.4 Å². The highest BCUT2D eigenvalue weighted by molar-refractivity contribution is 5.85. The summed E-state index contributed by atoms with van der Waals surface area (Å²) in [5.74, 6) is -5.60. The van der Waals surface area contributed by atoms with E-state index in [4.69, 9.17) is 4.74 Å². The Balaban J connectivity index is 0.00000456. The largest absolute Gasteiger partial charge is 0.451 e. The van der Waals surface area contributed by atoms with Gasteiger partial charge in [-0.2, -0.15) is 13.2 Å². The van der Waals surface area contributed by atoms with Crippen molar-refractivity contribution in [3.63, 3.8) is 0 Å². The van der Waals surface area contributed by atoms with Gasteiger partial charge in [0.2, 0.25) is 11.7 Å². The number of nitrogens with zero attached hydrogens (tertiary/aromatic N) is 4. The van der Waals surface area contributed by atoms with E-state index >= 15 is 0 Å². The summed E-state index contributed by atoms with van der Waals surface area (Å²) in [6.07, 6.45) is -6.42. The van der Waals surface area contributed by atoms with E-state index in [9.17, 15) is 35.9 Å². The minimum Gasteiger partial charge on any atom is -0.444 e. The summed E-state index contributed by atoms with van der Waals surface area (Å²) in [5, 5.41) is 9.07. The van der Waals surface area contributed by atoms with Crippen molar-refractivity contribution in [3.8, 4) is 0 Å². The molecule has 15 heteroatoms. The second-order valence-electron chi connectivity index (χ2n) is 9.01. The summed E-state index contributed by atoms with van der Waals surface area (Å²) in [6, 6.07) is -0.115. The van der Waals surface area contributed by atoms with Crippen molar-refractivity contribution in [1.82, 2.24) is 25.0 Å². The third kappa shape index (κ3) is 7.24. The van der Waals surface area contributed by atoms with E-state index in [2.05, 4.69) is 15.5 Å². The van der Waals surface area contributed by atoms with E-state index < -0.39 is 59.5 Å². The van der Waals surface area contributed by atoms with Crippen LogP contribution >= 0.6 is 12.4 Å². The molecule has 0 fully saturated rings. The lowest BCUT2D eigenvalue weighted by atomic mass is 10.0. The lowest BCUT2D eigenvalue weighted by Gasteiger charge is -2.30. The topological polar surface area (TPSA) is 89.4 Å². The minimum atomic E-state index is -4.70. The van der Waals surface area contributed by atoms with Crippen molar-refractivity contribution in [2.45, 2.75) is 64.5 Å². The second kappa shape index (κ2) is 10.9. The van der Waals surface area contributed by atoms with Crippen molar-refractivity contribution < 1.29 is 40.7 Å². The third-order valence-electron chi connectivity index (χ3n) is 5.06. The Kier molecular flexibility index (Phi) is 8.86. The maximum atomic E-state index is 14.2. The zero-order chi connectivity index (χ0) is 26.1. The number of hydrogen-bond acceptors (Lipinski definition) is 5. The van der Waals surface area contributed by atoms with Gasteiger partial charge in [-0.1, -0.05) is 0 Å². The zero-order valence-electron chi connectivity index (χ0n) is 19.5. The van der Waals surface area contributed by atoms with Crippen LogP contribution in [-0.4, -0.2) is 49.9 Å². The molecule has 200 valence electrons. The van der Waals surface area contributed by atoms with Crippen LogP contribution in [0.15, 0.2) is 12.1 Å². The molecule has 2 heterocycles. The van der Waals surface area contributed by atoms with Crippen LogP contribution in [-0.2, 0) is 35.2 Å². The van der Waals surface area contributed by atoms with Crippen LogP contribution < -0.4 is 5.32 Å². The summed E-state index contributed by atoms with van der Waals surface area (Å²) < 4.78 is 86.3. The molecule has 1 atom stereocenters. The molecule has 0 aliphatic carbocycles. The summed E-state index contributed by atoms with van der Waals surface area (Å²) in [7, 11) is 0. The van der Waals surface area contributed by atoms with Gasteiger partial charge in [0.15, 0.2) is 17.5 Å². The molecule has 1 N–H and O–H groups in total. The molecule has 2 aromatic rings. The van der Waals surface area contributed by atoms with E-state index in [0.29, 0.717) is 12.1 Å². The van der Waals surface area contributed by atoms with Crippen LogP contribution in [0.4, 0.5) is 31.1 Å². The molecule has 1 aliphatic rings. The second-order valence-corrected chi connectivity index (χ2v) is 9.01. The predicted octanol–water partition coefficient (Wildman–Crippen LogP) is 4.00. The van der Waals surface area contributed by atoms with Crippen molar-refractivity contribution >= 4 is 24.4 Å². The number of alkyl carbamates (subject to hydrolysis) is 1. The van der Waals surface area contributed by atoms with Gasteiger partial charge in [-0.25, -0.2) is 18.0 Å². The average molecular weight is 544 g/mol. The molecule has 0 saturated carbocycles. The van der Waals surface area contributed by atoms with Crippen molar-refractivity contribution in [2.75, 3.05) is 6.54 Å². The molecule has 2 amide bonds. The van der Waals surface area contributed by atoms with E-state index in [1.54, 1.807) is 20.8 Å². The predicted molar refractivity (Wildman–Crippen MR) is 115 cm³/mol. The zero-order valence-corrected chi connectivity index (χ0v) is 20.3. The van der Waals surface area contributed by atoms with E-state index in [1.165, 1.54) is 4.90 Å². The highest BCUT2D eigenvalue weighted by Gasteiger charge is 2.40. The molecule has 3 rings (SSSR count). The first-order valence-electron chi connectivity index (χ1n) is 10.5. The lowest BCUT2D eigenvalue weighted by Crippen LogP contribution is -2.45. The van der Waals surface area contributed by atoms with Gasteiger partial charge in [0, 0.05) is 31.6 Å². The molecule has 0 unspecified atom stereocenters. The molecule has 8 nitrogen and oxygen atoms in total. The highest BCUT2D eigenvalue weighted by Crippen LogP contribution is 2.29. The normalized spacial score (nSPS) is 14.5. The van der Waals surface area contributed by atoms with Gasteiger partial charge in [-0.3, -0.25) is 4.79 Å². The van der Waals surface area contributed by atoms with E-state index in [1.807, 2.05) is 0 Å². The fourth-order valence-electron chi connectivity index (χ4n) is 3.55. The number of ether oxygens (including phenoxy) is 1. The number of amides is 2. The van der Waals surface area contributed by atoms with Gasteiger partial charge >= 0.3 is 12.3 Å². The lowest BCUT2D eigenvalue weighted by molar-refractivity contribution is -0.148. The van der Waals surface area contributed by atoms with Crippen LogP contribution in [0.25, 0.3) is 0 Å². The highest BCUT2D eigenvalue weighted by atomic mass is 35.5. The molecule has 1 aromatic carbocycles. The van der Waals surface area contributed by atoms with Crippen LogP contribution in [0.5, 0.6) is 0 Å². The number of carbonyl (C=O) groups excluding carboxylic acids is 2. The Morgan fingerprint density at radius 2 is 1.69 bits per heavy atom. The quantitative estimate of drug-likeness (QED) is 0.455. The Morgan fingerprint density at radius 1 is 1.06 bits per heavy atom. The summed E-state index contributed by atoms with van der Waals surface area (Å²) in [5.41, 5.74) is -1.18. The summed E-state index contributed by atoms with van der Waals surface area (Å²) in [4.78, 5) is 26.4. The SMILES string of the molecule is CC(C)(C)OC(=O)N[C@@H](CC(=O)N1CCn2c(nnc2C(F)(F)F)C1)Cc1cc(F)c(F)cc1F.Cl. The monoisotopic (exact) mass is 543 g/mol. The first kappa shape index (κ1) is 29.2. The van der Waals surface area contributed by atoms with E-state index in [-0.39, 0.29) is 49.8 Å². The number of benzene rings is 1. The molecule has 1 aliphatic heterocycles. The fraction of sp³-hybridized carbons (Fsp3) is 0.524. The maximum absolute atomic E-state index is 14.2. The fourth-order valence-corrected chi connectivity index (χ4v) is 3.55. The number of aromatic nitrogens is 3. The van der Waals surface area contributed by atoms with Crippen molar-refractivity contribution in [1.29, 1.82) is 0 Å². The molecule has 36 heavy (non-hydrogen) atoms. The Bertz CT molecular complexity index is 1120. The number of alkyl halides is 3. The smallest absolute Gasteiger partial charge is 0.444 e. The van der Waals surface area contributed by atoms with Gasteiger partial charge in [0.1, 0.15) is 11.4 Å². The number of nitrogens with one attached hydrogen (secondary N) is 1. The number of rotatable bonds is 5. The van der Waals surface area contributed by atoms with E-state index in [0.717, 1.165) is 4.57 Å². The average Bonchev–Trinajstić information content (AvgIpc) is 3.14. The first-order valence-corrected chi connectivity index (χ1v) is 10.5. The number of hydrogen-bond donors (Lipinski definition) is 1. The van der Waals surface area contributed by atoms with Crippen LogP contribution in [0.3, 0.4) is 0 Å². The first-order chi connectivity index (χ1) is 16.1. The Labute approximate surface area is 208 Å². The molecule has 0 radical (unpaired) electrons. The molecule has 0 saturated heterocycles. The molecular formula is C21H24ClF6N5O3. The van der Waals surface area contributed by atoms with Gasteiger partial charge < -0.3 is 19.5 Å². The van der Waals surface area contributed by atoms with Crippen LogP contribution in [0.2, 0.25) is 0 Å². The van der Waals surface area contributed by atoms with Gasteiger partial charge in [-0.05, 0) is 38.8 Å². The van der Waals surface area contributed by atoms with Crippen molar-refractivity contribution in [2.24, 2.45) is 0 Å². The summed E-state index contributed by atoms with van der Waals surface area (Å²) in [6.45, 7) is 4.24. The number of carbonyl (C=O) groups is 2. The Hall–Kier alpha value is -3.03. The number of fused-ring (bicyclic) bond motifs is 1. The standard InChI is InChI=1S/C21H23F6N5O3.ClH/c1-20(2,3)35-19(34)28-12(6-11-7-14(23)15(24)9-13(11)22)8-17(33)31-4-5-32-16(10-31)29-30-18(32)21(25,26)27;/h7,9,12H,4-6,8,10H2,1-3H3,(H,28,34);1H/t12-;/m1./s1. The minimum absolute atomic E-state index is 0. The van der Waals surface area contributed by atoms with Crippen molar-refractivity contribution in [3.05, 3.63) is 46.8 Å². The maximum Gasteiger partial charge on any atom is 0.451 e. The van der Waals surface area contributed by atoms with Gasteiger partial charge in [-0.15, -0.1) is 22.6 Å². The molecular weight excluding hydrogens is 520 g/mol. The van der Waals surface area contributed by atoms with Crippen LogP contribution in [0, 0.1) is 17.5 Å². The molecule has 1 aromatic heterocycles. The summed E-state index contributed by atoms with van der Waals surface area (Å²) >= 11 is 0. The molecule has 0 bridgehead atoms. The van der Waals surface area contributed by atoms with Gasteiger partial charge in [0.05, 0.1) is 6.54 Å². The third-order valence-corrected chi connectivity index (χ3v) is 5.06.